The Morgan fingerprint density at radius 1 is 0.622 bits per heavy atom. The van der Waals surface area contributed by atoms with Gasteiger partial charge in [-0.15, -0.1) is 0 Å². The van der Waals surface area contributed by atoms with Gasteiger partial charge in [-0.1, -0.05) is 51.7 Å². The first-order valence-corrected chi connectivity index (χ1v) is 16.0. The van der Waals surface area contributed by atoms with E-state index in [2.05, 4.69) is 18.7 Å². The minimum Gasteiger partial charge on any atom is -0.272 e. The molecule has 0 spiro atoms. The summed E-state index contributed by atoms with van der Waals surface area (Å²) in [5.41, 5.74) is 2.97. The second-order valence-corrected chi connectivity index (χ2v) is 12.8. The molecule has 2 heterocycles. The summed E-state index contributed by atoms with van der Waals surface area (Å²) in [6, 6.07) is 10.4. The summed E-state index contributed by atoms with van der Waals surface area (Å²) >= 11 is 0. The van der Waals surface area contributed by atoms with Crippen molar-refractivity contribution in [3.63, 3.8) is 0 Å². The molecule has 0 radical (unpaired) electrons. The number of fused-ring (bicyclic) bond motifs is 2. The van der Waals surface area contributed by atoms with Crippen molar-refractivity contribution in [2.45, 2.75) is 85.2 Å². The Bertz CT molecular complexity index is 2190. The maximum Gasteiger partial charge on any atom is 0.261 e. The second-order valence-electron chi connectivity index (χ2n) is 12.8. The molecule has 2 aliphatic heterocycles. The van der Waals surface area contributed by atoms with Crippen molar-refractivity contribution < 1.29 is 19.2 Å². The fraction of sp³-hybridized carbons (Fsp3) is 0.342. The molecular weight excluding hydrogens is 562 g/mol. The molecule has 5 aromatic rings. The lowest BCUT2D eigenvalue weighted by atomic mass is 9.80. The SMILES string of the molecule is [C-]#[N+]c1cc2c3c(ccc4c5c(C)cc6c7c(ccc(c1c34)c75)C(=O)N([C@@H](C)CCCC)C6=O)C(=O)N([C@@H](C)CCCC)C2=O. The van der Waals surface area contributed by atoms with E-state index in [9.17, 15) is 19.2 Å². The zero-order chi connectivity index (χ0) is 31.9. The lowest BCUT2D eigenvalue weighted by Gasteiger charge is -2.34. The highest BCUT2D eigenvalue weighted by atomic mass is 16.2. The molecule has 0 aliphatic carbocycles. The zero-order valence-corrected chi connectivity index (χ0v) is 26.3. The Labute approximate surface area is 261 Å². The molecule has 226 valence electrons. The number of carbonyl (C=O) groups excluding carboxylic acids is 4. The van der Waals surface area contributed by atoms with Gasteiger partial charge >= 0.3 is 0 Å². The van der Waals surface area contributed by atoms with Gasteiger partial charge in [0.1, 0.15) is 0 Å². The summed E-state index contributed by atoms with van der Waals surface area (Å²) in [5, 5.41) is 5.71. The fourth-order valence-electron chi connectivity index (χ4n) is 7.83. The molecule has 45 heavy (non-hydrogen) atoms. The first-order chi connectivity index (χ1) is 21.7. The van der Waals surface area contributed by atoms with Crippen LogP contribution in [0.3, 0.4) is 0 Å². The molecule has 2 atom stereocenters. The molecule has 7 nitrogen and oxygen atoms in total. The van der Waals surface area contributed by atoms with Crippen LogP contribution >= 0.6 is 0 Å². The van der Waals surface area contributed by atoms with Crippen LogP contribution in [0, 0.1) is 13.5 Å². The number of hydrogen-bond acceptors (Lipinski definition) is 4. The van der Waals surface area contributed by atoms with Crippen LogP contribution in [0.5, 0.6) is 0 Å². The van der Waals surface area contributed by atoms with E-state index in [4.69, 9.17) is 6.57 Å². The number of amides is 4. The minimum absolute atomic E-state index is 0.231. The van der Waals surface area contributed by atoms with Gasteiger partial charge in [-0.3, -0.25) is 29.0 Å². The normalized spacial score (nSPS) is 16.1. The Balaban J connectivity index is 1.56. The smallest absolute Gasteiger partial charge is 0.261 e. The number of nitrogens with zero attached hydrogens (tertiary/aromatic N) is 3. The van der Waals surface area contributed by atoms with E-state index in [1.165, 1.54) is 9.80 Å². The zero-order valence-electron chi connectivity index (χ0n) is 26.3. The van der Waals surface area contributed by atoms with E-state index in [0.717, 1.165) is 59.2 Å². The van der Waals surface area contributed by atoms with Crippen molar-refractivity contribution in [3.05, 3.63) is 75.6 Å². The average molecular weight is 598 g/mol. The van der Waals surface area contributed by atoms with Crippen molar-refractivity contribution in [2.75, 3.05) is 0 Å². The van der Waals surface area contributed by atoms with Crippen molar-refractivity contribution in [3.8, 4) is 0 Å². The van der Waals surface area contributed by atoms with Crippen LogP contribution in [-0.2, 0) is 0 Å². The van der Waals surface area contributed by atoms with Crippen LogP contribution in [0.4, 0.5) is 5.69 Å². The van der Waals surface area contributed by atoms with E-state index < -0.39 is 0 Å². The van der Waals surface area contributed by atoms with E-state index in [1.807, 2.05) is 39.0 Å². The maximum absolute atomic E-state index is 14.0. The highest BCUT2D eigenvalue weighted by Crippen LogP contribution is 2.50. The van der Waals surface area contributed by atoms with Gasteiger partial charge in [-0.2, -0.15) is 0 Å². The van der Waals surface area contributed by atoms with E-state index >= 15 is 0 Å². The molecule has 5 aromatic carbocycles. The Morgan fingerprint density at radius 2 is 1.07 bits per heavy atom. The van der Waals surface area contributed by atoms with Gasteiger partial charge in [0.15, 0.2) is 5.69 Å². The minimum atomic E-state index is -0.369. The van der Waals surface area contributed by atoms with Gasteiger partial charge in [0, 0.05) is 45.1 Å². The van der Waals surface area contributed by atoms with Gasteiger partial charge in [-0.25, -0.2) is 4.85 Å². The summed E-state index contributed by atoms with van der Waals surface area (Å²) in [6.45, 7) is 18.2. The van der Waals surface area contributed by atoms with Crippen molar-refractivity contribution in [1.29, 1.82) is 0 Å². The predicted molar refractivity (Wildman–Crippen MR) is 178 cm³/mol. The third-order valence-electron chi connectivity index (χ3n) is 10.0. The van der Waals surface area contributed by atoms with Crippen molar-refractivity contribution >= 4 is 72.4 Å². The number of benzene rings is 5. The summed E-state index contributed by atoms with van der Waals surface area (Å²) in [5.74, 6) is -1.28. The van der Waals surface area contributed by atoms with Crippen LogP contribution in [0.15, 0.2) is 36.4 Å². The molecule has 7 heteroatoms. The third kappa shape index (κ3) is 3.81. The number of aryl methyl sites for hydroxylation is 1. The van der Waals surface area contributed by atoms with E-state index in [-0.39, 0.29) is 35.7 Å². The lowest BCUT2D eigenvalue weighted by Crippen LogP contribution is -2.46. The third-order valence-corrected chi connectivity index (χ3v) is 10.0. The molecule has 2 aliphatic rings. The van der Waals surface area contributed by atoms with E-state index in [0.29, 0.717) is 55.9 Å². The summed E-state index contributed by atoms with van der Waals surface area (Å²) in [7, 11) is 0. The monoisotopic (exact) mass is 597 g/mol. The molecule has 0 bridgehead atoms. The molecule has 0 saturated carbocycles. The molecular formula is C38H35N3O4. The maximum atomic E-state index is 14.0. The summed E-state index contributed by atoms with van der Waals surface area (Å²) < 4.78 is 0. The Kier molecular flexibility index (Phi) is 6.67. The molecule has 0 aromatic heterocycles. The van der Waals surface area contributed by atoms with Gasteiger partial charge in [0.05, 0.1) is 6.57 Å². The van der Waals surface area contributed by atoms with Gasteiger partial charge in [0.25, 0.3) is 23.6 Å². The molecule has 0 saturated heterocycles. The number of unbranched alkanes of at least 4 members (excludes halogenated alkanes) is 2. The molecule has 0 N–H and O–H groups in total. The lowest BCUT2D eigenvalue weighted by molar-refractivity contribution is 0.0527. The number of hydrogen-bond donors (Lipinski definition) is 0. The van der Waals surface area contributed by atoms with E-state index in [1.54, 1.807) is 18.2 Å². The molecule has 0 unspecified atom stereocenters. The molecule has 7 rings (SSSR count). The first kappa shape index (κ1) is 28.9. The Morgan fingerprint density at radius 3 is 1.56 bits per heavy atom. The number of rotatable bonds is 8. The van der Waals surface area contributed by atoms with Crippen LogP contribution in [0.25, 0.3) is 47.9 Å². The van der Waals surface area contributed by atoms with Gasteiger partial charge < -0.3 is 0 Å². The van der Waals surface area contributed by atoms with Crippen LogP contribution in [0.1, 0.15) is 113 Å². The Hall–Kier alpha value is -4.83. The van der Waals surface area contributed by atoms with Crippen LogP contribution in [0.2, 0.25) is 0 Å². The first-order valence-electron chi connectivity index (χ1n) is 16.0. The summed E-state index contributed by atoms with van der Waals surface area (Å²) in [4.78, 5) is 62.5. The van der Waals surface area contributed by atoms with Crippen LogP contribution < -0.4 is 0 Å². The summed E-state index contributed by atoms with van der Waals surface area (Å²) in [6.07, 6.45) is 5.20. The second kappa shape index (κ2) is 10.4. The predicted octanol–water partition coefficient (Wildman–Crippen LogP) is 8.95. The van der Waals surface area contributed by atoms with Gasteiger partial charge in [-0.05, 0) is 95.8 Å². The van der Waals surface area contributed by atoms with Crippen molar-refractivity contribution in [1.82, 2.24) is 9.80 Å². The highest BCUT2D eigenvalue weighted by molar-refractivity contribution is 6.43. The number of imide groups is 2. The van der Waals surface area contributed by atoms with Crippen LogP contribution in [-0.4, -0.2) is 45.5 Å². The highest BCUT2D eigenvalue weighted by Gasteiger charge is 2.40. The van der Waals surface area contributed by atoms with Gasteiger partial charge in [0.2, 0.25) is 0 Å². The molecule has 4 amide bonds. The largest absolute Gasteiger partial charge is 0.272 e. The number of carbonyl (C=O) groups is 4. The standard InChI is InChI=1S/C38H35N3O4/c1-7-9-11-20(4)40-35(42)24-16-14-23-32-28(39-6)18-27-31-25(36(43)41(38(27)45)21(5)12-10-8-2)15-13-22(34(31)32)29-19(3)17-26(37(40)44)30(24)33(23)29/h13-18,20-21H,7-12H2,1-5H3/t20-,21-/m0/s1. The average Bonchev–Trinajstić information content (AvgIpc) is 3.03. The topological polar surface area (TPSA) is 79.1 Å². The van der Waals surface area contributed by atoms with Crippen molar-refractivity contribution in [2.24, 2.45) is 0 Å². The quantitative estimate of drug-likeness (QED) is 0.0774. The molecule has 0 fully saturated rings. The fourth-order valence-corrected chi connectivity index (χ4v) is 7.83.